The molecule has 0 aromatic heterocycles. The minimum absolute atomic E-state index is 0.241. The van der Waals surface area contributed by atoms with Crippen molar-refractivity contribution in [1.29, 1.82) is 0 Å². The third-order valence-electron chi connectivity index (χ3n) is 4.04. The highest BCUT2D eigenvalue weighted by atomic mass is 19.1. The van der Waals surface area contributed by atoms with E-state index >= 15 is 0 Å². The van der Waals surface area contributed by atoms with Crippen LogP contribution in [0.1, 0.15) is 41.4 Å². The van der Waals surface area contributed by atoms with Crippen molar-refractivity contribution in [3.63, 3.8) is 0 Å². The third kappa shape index (κ3) is 6.08. The topological polar surface area (TPSA) is 111 Å². The Labute approximate surface area is 162 Å². The molecule has 0 aliphatic heterocycles. The van der Waals surface area contributed by atoms with E-state index in [-0.39, 0.29) is 24.0 Å². The van der Waals surface area contributed by atoms with Crippen LogP contribution in [-0.4, -0.2) is 24.0 Å². The molecule has 0 radical (unpaired) electrons. The molecule has 0 fully saturated rings. The lowest BCUT2D eigenvalue weighted by atomic mass is 10.1. The lowest BCUT2D eigenvalue weighted by molar-refractivity contribution is -0.129. The van der Waals surface area contributed by atoms with Gasteiger partial charge in [-0.3, -0.25) is 4.79 Å². The Kier molecular flexibility index (Phi) is 7.08. The molecule has 0 saturated carbocycles. The Morgan fingerprint density at radius 3 is 2.21 bits per heavy atom. The summed E-state index contributed by atoms with van der Waals surface area (Å²) in [4.78, 5) is 35.1. The first-order valence-corrected chi connectivity index (χ1v) is 8.65. The van der Waals surface area contributed by atoms with Crippen LogP contribution in [0.5, 0.6) is 0 Å². The van der Waals surface area contributed by atoms with Crippen LogP contribution in [0.2, 0.25) is 0 Å². The van der Waals surface area contributed by atoms with E-state index in [2.05, 4.69) is 10.6 Å². The van der Waals surface area contributed by atoms with Crippen LogP contribution in [0.25, 0.3) is 0 Å². The van der Waals surface area contributed by atoms with Gasteiger partial charge in [0.2, 0.25) is 0 Å². The van der Waals surface area contributed by atoms with Gasteiger partial charge in [0.05, 0.1) is 11.6 Å². The molecule has 2 aromatic carbocycles. The third-order valence-corrected chi connectivity index (χ3v) is 4.04. The highest BCUT2D eigenvalue weighted by molar-refractivity contribution is 5.92. The zero-order valence-electron chi connectivity index (χ0n) is 15.6. The summed E-state index contributed by atoms with van der Waals surface area (Å²) in [6.45, 7) is 3.46. The van der Waals surface area contributed by atoms with Crippen LogP contribution in [0.3, 0.4) is 0 Å². The molecule has 0 spiro atoms. The fraction of sp³-hybridized carbons (Fsp3) is 0.250. The van der Waals surface area contributed by atoms with E-state index in [0.717, 1.165) is 11.1 Å². The minimum Gasteiger partial charge on any atom is -0.449 e. The van der Waals surface area contributed by atoms with Crippen LogP contribution < -0.4 is 16.4 Å². The molecule has 0 aliphatic carbocycles. The molecular formula is C20H22FN3O4. The maximum atomic E-state index is 13.0. The number of esters is 1. The van der Waals surface area contributed by atoms with Crippen molar-refractivity contribution in [1.82, 2.24) is 10.6 Å². The second-order valence-electron chi connectivity index (χ2n) is 6.24. The van der Waals surface area contributed by atoms with Gasteiger partial charge in [-0.25, -0.2) is 14.0 Å². The number of hydrogen-bond donors (Lipinski definition) is 3. The molecule has 7 nitrogen and oxygen atoms in total. The highest BCUT2D eigenvalue weighted by Gasteiger charge is 2.21. The molecule has 2 unspecified atom stereocenters. The number of primary amides is 1. The average Bonchev–Trinajstić information content (AvgIpc) is 2.67. The Morgan fingerprint density at radius 1 is 1.04 bits per heavy atom. The second-order valence-corrected chi connectivity index (χ2v) is 6.24. The molecule has 2 rings (SSSR count). The van der Waals surface area contributed by atoms with Crippen molar-refractivity contribution in [2.45, 2.75) is 32.5 Å². The van der Waals surface area contributed by atoms with E-state index in [1.165, 1.54) is 31.2 Å². The first-order chi connectivity index (χ1) is 13.3. The van der Waals surface area contributed by atoms with E-state index in [1.54, 1.807) is 31.2 Å². The van der Waals surface area contributed by atoms with E-state index in [4.69, 9.17) is 10.5 Å². The summed E-state index contributed by atoms with van der Waals surface area (Å²) < 4.78 is 18.2. The summed E-state index contributed by atoms with van der Waals surface area (Å²) in [5.74, 6) is -1.47. The number of benzene rings is 2. The van der Waals surface area contributed by atoms with Gasteiger partial charge in [-0.15, -0.1) is 0 Å². The van der Waals surface area contributed by atoms with E-state index in [9.17, 15) is 18.8 Å². The molecule has 0 saturated heterocycles. The zero-order chi connectivity index (χ0) is 20.7. The van der Waals surface area contributed by atoms with Gasteiger partial charge in [0.1, 0.15) is 5.82 Å². The van der Waals surface area contributed by atoms with E-state index in [1.807, 2.05) is 0 Å². The van der Waals surface area contributed by atoms with Gasteiger partial charge in [-0.05, 0) is 49.2 Å². The van der Waals surface area contributed by atoms with Crippen molar-refractivity contribution in [2.24, 2.45) is 5.73 Å². The van der Waals surface area contributed by atoms with Gasteiger partial charge in [-0.1, -0.05) is 24.3 Å². The van der Waals surface area contributed by atoms with Crippen LogP contribution in [0, 0.1) is 5.82 Å². The monoisotopic (exact) mass is 387 g/mol. The second kappa shape index (κ2) is 9.50. The number of hydrogen-bond acceptors (Lipinski definition) is 4. The predicted molar refractivity (Wildman–Crippen MR) is 101 cm³/mol. The van der Waals surface area contributed by atoms with Crippen molar-refractivity contribution in [2.75, 3.05) is 0 Å². The summed E-state index contributed by atoms with van der Waals surface area (Å²) in [6.07, 6.45) is -1.01. The lowest BCUT2D eigenvalue weighted by Crippen LogP contribution is -2.37. The number of nitrogens with one attached hydrogen (secondary N) is 2. The fourth-order valence-corrected chi connectivity index (χ4v) is 2.40. The quantitative estimate of drug-likeness (QED) is 0.634. The number of carbonyl (C=O) groups excluding carboxylic acids is 3. The van der Waals surface area contributed by atoms with Crippen molar-refractivity contribution in [3.05, 3.63) is 71.0 Å². The maximum absolute atomic E-state index is 13.0. The van der Waals surface area contributed by atoms with Gasteiger partial charge in [0.15, 0.2) is 6.10 Å². The summed E-state index contributed by atoms with van der Waals surface area (Å²) >= 11 is 0. The fourth-order valence-electron chi connectivity index (χ4n) is 2.40. The van der Waals surface area contributed by atoms with Crippen molar-refractivity contribution in [3.8, 4) is 0 Å². The maximum Gasteiger partial charge on any atom is 0.338 e. The Morgan fingerprint density at radius 2 is 1.64 bits per heavy atom. The first-order valence-electron chi connectivity index (χ1n) is 8.65. The molecule has 3 amide bonds. The normalized spacial score (nSPS) is 12.5. The molecule has 4 N–H and O–H groups in total. The number of carbonyl (C=O) groups is 3. The van der Waals surface area contributed by atoms with E-state index < -0.39 is 24.0 Å². The average molecular weight is 387 g/mol. The highest BCUT2D eigenvalue weighted by Crippen LogP contribution is 2.14. The summed E-state index contributed by atoms with van der Waals surface area (Å²) in [7, 11) is 0. The number of halogens is 1. The standard InChI is InChI=1S/C20H22FN3O4/c1-12(15-7-9-17(21)10-8-15)24-18(25)13(2)28-19(26)16-5-3-14(4-6-16)11-23-20(22)27/h3-10,12-13H,11H2,1-2H3,(H,24,25)(H3,22,23,27). The molecule has 28 heavy (non-hydrogen) atoms. The lowest BCUT2D eigenvalue weighted by Gasteiger charge is -2.18. The van der Waals surface area contributed by atoms with Crippen LogP contribution >= 0.6 is 0 Å². The minimum atomic E-state index is -1.01. The van der Waals surface area contributed by atoms with Gasteiger partial charge in [0, 0.05) is 6.54 Å². The molecule has 148 valence electrons. The molecule has 2 atom stereocenters. The summed E-state index contributed by atoms with van der Waals surface area (Å²) in [5.41, 5.74) is 6.76. The molecule has 0 aliphatic rings. The molecule has 8 heteroatoms. The number of ether oxygens (including phenoxy) is 1. The number of nitrogens with two attached hydrogens (primary N) is 1. The molecule has 0 bridgehead atoms. The van der Waals surface area contributed by atoms with Gasteiger partial charge in [0.25, 0.3) is 5.91 Å². The zero-order valence-corrected chi connectivity index (χ0v) is 15.6. The summed E-state index contributed by atoms with van der Waals surface area (Å²) in [6, 6.07) is 11.1. The Bertz CT molecular complexity index is 838. The van der Waals surface area contributed by atoms with Gasteiger partial charge in [-0.2, -0.15) is 0 Å². The summed E-state index contributed by atoms with van der Waals surface area (Å²) in [5, 5.41) is 5.16. The predicted octanol–water partition coefficient (Wildman–Crippen LogP) is 2.42. The van der Waals surface area contributed by atoms with Crippen LogP contribution in [-0.2, 0) is 16.1 Å². The van der Waals surface area contributed by atoms with Crippen LogP contribution in [0.4, 0.5) is 9.18 Å². The molecular weight excluding hydrogens is 365 g/mol. The SMILES string of the molecule is CC(OC(=O)c1ccc(CNC(N)=O)cc1)C(=O)NC(C)c1ccc(F)cc1. The van der Waals surface area contributed by atoms with Crippen LogP contribution in [0.15, 0.2) is 48.5 Å². The number of amides is 3. The first kappa shape index (κ1) is 20.9. The number of rotatable bonds is 7. The Hall–Kier alpha value is -3.42. The van der Waals surface area contributed by atoms with Crippen molar-refractivity contribution >= 4 is 17.9 Å². The van der Waals surface area contributed by atoms with Gasteiger partial charge < -0.3 is 21.1 Å². The van der Waals surface area contributed by atoms with E-state index in [0.29, 0.717) is 0 Å². The smallest absolute Gasteiger partial charge is 0.338 e. The van der Waals surface area contributed by atoms with Crippen molar-refractivity contribution < 1.29 is 23.5 Å². The van der Waals surface area contributed by atoms with Gasteiger partial charge >= 0.3 is 12.0 Å². The molecule has 2 aromatic rings. The largest absolute Gasteiger partial charge is 0.449 e. The molecule has 0 heterocycles. The number of urea groups is 1. The Balaban J connectivity index is 1.89.